The number of cyclic esters (lactones) is 2. The Hall–Kier alpha value is -2.13. The van der Waals surface area contributed by atoms with Crippen molar-refractivity contribution in [3.63, 3.8) is 0 Å². The number of hydrogen-bond donors (Lipinski definition) is 1. The van der Waals surface area contributed by atoms with E-state index in [1.165, 1.54) is 6.08 Å². The molecule has 0 saturated carbocycles. The Morgan fingerprint density at radius 1 is 1.20 bits per heavy atom. The maximum atomic E-state index is 12.7. The quantitative estimate of drug-likeness (QED) is 0.176. The fourth-order valence-corrected chi connectivity index (χ4v) is 4.95. The van der Waals surface area contributed by atoms with E-state index in [1.54, 1.807) is 17.4 Å². The first kappa shape index (κ1) is 36.9. The number of ether oxygens (including phenoxy) is 2. The summed E-state index contributed by atoms with van der Waals surface area (Å²) in [6, 6.07) is -0.148. The topological polar surface area (TPSA) is 80.8 Å². The molecule has 0 aromatic carbocycles. The molecule has 1 aromatic heterocycles. The maximum Gasteiger partial charge on any atom is 0.331 e. The number of aromatic nitrogens is 1. The third kappa shape index (κ3) is 16.2. The van der Waals surface area contributed by atoms with Gasteiger partial charge in [-0.1, -0.05) is 47.1 Å². The van der Waals surface area contributed by atoms with Gasteiger partial charge in [0.1, 0.15) is 12.2 Å². The minimum atomic E-state index is -0.463. The number of thiazole rings is 1. The predicted molar refractivity (Wildman–Crippen MR) is 163 cm³/mol. The number of allylic oxidation sites excluding steroid dienone is 6. The molecular weight excluding hydrogens is 611 g/mol. The molecule has 0 amide bonds. The maximum absolute atomic E-state index is 12.7. The number of likely N-dealkylation sites (N-methyl/N-ethyl adjacent to an activating group) is 1. The second-order valence-electron chi connectivity index (χ2n) is 10.5. The fourth-order valence-electron chi connectivity index (χ4n) is 4.08. The van der Waals surface area contributed by atoms with E-state index in [1.807, 2.05) is 58.5 Å². The van der Waals surface area contributed by atoms with Crippen LogP contribution in [-0.4, -0.2) is 60.7 Å². The zero-order valence-corrected chi connectivity index (χ0v) is 29.0. The van der Waals surface area contributed by atoms with Gasteiger partial charge in [-0.25, -0.2) is 9.78 Å². The number of esters is 2. The molecule has 9 heteroatoms. The van der Waals surface area contributed by atoms with Crippen LogP contribution in [0.25, 0.3) is 0 Å². The zero-order valence-electron chi connectivity index (χ0n) is 25.3. The number of carbonyl (C=O) groups is 2. The normalized spacial score (nSPS) is 24.2. The van der Waals surface area contributed by atoms with Gasteiger partial charge >= 0.3 is 11.9 Å². The van der Waals surface area contributed by atoms with Crippen LogP contribution in [0, 0.1) is 6.20 Å². The van der Waals surface area contributed by atoms with Gasteiger partial charge in [0.15, 0.2) is 0 Å². The van der Waals surface area contributed by atoms with Crippen LogP contribution in [0.2, 0.25) is 0 Å². The summed E-state index contributed by atoms with van der Waals surface area (Å²) in [6.45, 7) is 12.4. The largest absolute Gasteiger partial charge is 0.565 e. The standard InChI is InChI=1S/C32H44N3O4S.Y/c1-8-33-27-14-15-28-22-40-30(34-28)21-29(19-25(4)13-12-23(2)16-17-35(6)7)39-31(36)11-9-10-24(3)18-26(5)38-32(37)20-27;/h9-13,16,19,22,26-27,29,33H,1,14-15,17-18,20-21H2,2-7H3;/q-1;/b11-9-,13-12+,23-16+,24-10+,25-19+;/t26-,27+,29+;/m0./s1. The molecule has 3 atom stereocenters. The van der Waals surface area contributed by atoms with Crippen LogP contribution in [0.3, 0.4) is 0 Å². The smallest absolute Gasteiger partial charge is 0.331 e. The number of nitrogens with zero attached hydrogens (tertiary/aromatic N) is 2. The zero-order chi connectivity index (χ0) is 29.5. The summed E-state index contributed by atoms with van der Waals surface area (Å²) in [5.74, 6) is -0.695. The van der Waals surface area contributed by atoms with Gasteiger partial charge in [0.05, 0.1) is 17.1 Å². The molecule has 2 bridgehead atoms. The molecule has 0 fully saturated rings. The first-order valence-corrected chi connectivity index (χ1v) is 14.5. The van der Waals surface area contributed by atoms with Gasteiger partial charge in [-0.05, 0) is 60.7 Å². The second kappa shape index (κ2) is 19.9. The molecule has 1 aliphatic rings. The Kier molecular flexibility index (Phi) is 17.9. The monoisotopic (exact) mass is 655 g/mol. The number of nitrogens with one attached hydrogen (secondary N) is 1. The van der Waals surface area contributed by atoms with Gasteiger partial charge in [-0.15, -0.1) is 11.3 Å². The Labute approximate surface area is 275 Å². The molecular formula is C32H44N3O4SY-. The summed E-state index contributed by atoms with van der Waals surface area (Å²) in [4.78, 5) is 32.1. The van der Waals surface area contributed by atoms with Crippen molar-refractivity contribution in [2.45, 2.75) is 78.0 Å². The van der Waals surface area contributed by atoms with Crippen molar-refractivity contribution >= 4 is 23.3 Å². The molecule has 1 aromatic rings. The first-order valence-electron chi connectivity index (χ1n) is 13.7. The number of fused-ring (bicyclic) bond motifs is 2. The molecule has 41 heavy (non-hydrogen) atoms. The molecule has 2 heterocycles. The summed E-state index contributed by atoms with van der Waals surface area (Å²) in [5, 5.41) is 5.95. The average molecular weight is 656 g/mol. The number of aryl methyl sites for hydroxylation is 1. The Bertz CT molecular complexity index is 1150. The van der Waals surface area contributed by atoms with Crippen molar-refractivity contribution < 1.29 is 51.8 Å². The van der Waals surface area contributed by atoms with Crippen molar-refractivity contribution in [3.8, 4) is 0 Å². The number of carbonyl (C=O) groups excluding carboxylic acids is 2. The Morgan fingerprint density at radius 3 is 2.63 bits per heavy atom. The van der Waals surface area contributed by atoms with Crippen molar-refractivity contribution in [1.29, 1.82) is 0 Å². The Balaban J connectivity index is 0.00000840. The molecule has 0 unspecified atom stereocenters. The average Bonchev–Trinajstić information content (AvgIpc) is 3.31. The van der Waals surface area contributed by atoms with Gasteiger partial charge in [0, 0.05) is 69.6 Å². The second-order valence-corrected chi connectivity index (χ2v) is 11.4. The van der Waals surface area contributed by atoms with Gasteiger partial charge < -0.3 is 25.9 Å². The van der Waals surface area contributed by atoms with Crippen LogP contribution in [-0.2, 0) is 64.6 Å². The molecule has 1 radical (unpaired) electrons. The van der Waals surface area contributed by atoms with Crippen LogP contribution in [0.15, 0.2) is 71.2 Å². The molecule has 0 saturated heterocycles. The summed E-state index contributed by atoms with van der Waals surface area (Å²) in [5.41, 5.74) is 4.08. The van der Waals surface area contributed by atoms with Crippen LogP contribution in [0.4, 0.5) is 0 Å². The fraction of sp³-hybridized carbons (Fsp3) is 0.469. The molecule has 0 spiro atoms. The van der Waals surface area contributed by atoms with E-state index in [0.717, 1.165) is 34.0 Å². The van der Waals surface area contributed by atoms with Crippen molar-refractivity contribution in [2.75, 3.05) is 20.6 Å². The van der Waals surface area contributed by atoms with Crippen LogP contribution < -0.4 is 5.32 Å². The van der Waals surface area contributed by atoms with Crippen molar-refractivity contribution in [1.82, 2.24) is 15.2 Å². The van der Waals surface area contributed by atoms with E-state index in [4.69, 9.17) is 14.5 Å². The van der Waals surface area contributed by atoms with E-state index in [2.05, 4.69) is 42.1 Å². The Morgan fingerprint density at radius 2 is 1.93 bits per heavy atom. The third-order valence-electron chi connectivity index (χ3n) is 6.10. The summed E-state index contributed by atoms with van der Waals surface area (Å²) in [7, 11) is 4.07. The van der Waals surface area contributed by atoms with Crippen LogP contribution >= 0.6 is 11.3 Å². The van der Waals surface area contributed by atoms with Gasteiger partial charge in [0.25, 0.3) is 0 Å². The van der Waals surface area contributed by atoms with E-state index in [-0.39, 0.29) is 57.2 Å². The van der Waals surface area contributed by atoms with E-state index in [9.17, 15) is 9.59 Å². The van der Waals surface area contributed by atoms with E-state index < -0.39 is 12.1 Å². The summed E-state index contributed by atoms with van der Waals surface area (Å²) >= 11 is 1.54. The molecule has 0 aliphatic carbocycles. The van der Waals surface area contributed by atoms with Crippen molar-refractivity contribution in [3.05, 3.63) is 88.1 Å². The summed E-state index contributed by atoms with van der Waals surface area (Å²) in [6.07, 6.45) is 17.8. The molecule has 221 valence electrons. The van der Waals surface area contributed by atoms with Gasteiger partial charge in [-0.3, -0.25) is 11.4 Å². The summed E-state index contributed by atoms with van der Waals surface area (Å²) < 4.78 is 11.5. The first-order chi connectivity index (χ1) is 19.0. The minimum Gasteiger partial charge on any atom is -0.565 e. The van der Waals surface area contributed by atoms with Gasteiger partial charge in [0.2, 0.25) is 0 Å². The van der Waals surface area contributed by atoms with E-state index >= 15 is 0 Å². The molecule has 7 nitrogen and oxygen atoms in total. The van der Waals surface area contributed by atoms with Gasteiger partial charge in [-0.2, -0.15) is 0 Å². The van der Waals surface area contributed by atoms with Crippen molar-refractivity contribution in [2.24, 2.45) is 0 Å². The third-order valence-corrected chi connectivity index (χ3v) is 7.02. The minimum absolute atomic E-state index is 0. The van der Waals surface area contributed by atoms with Crippen LogP contribution in [0.5, 0.6) is 0 Å². The number of hydrogen-bond acceptors (Lipinski definition) is 8. The number of rotatable bonds is 7. The predicted octanol–water partition coefficient (Wildman–Crippen LogP) is 5.67. The molecule has 1 aliphatic heterocycles. The SMILES string of the molecule is C=[C-]N[C@@H]1CCc2csc(n2)C[C@@H](/C=C(C)/C=C/C(C)=C/CN(C)C)OC(=O)/C=C\C=C(/C)C[C@H](C)OC(=O)C1.[Y]. The molecule has 2 rings (SSSR count). The van der Waals surface area contributed by atoms with E-state index in [0.29, 0.717) is 25.7 Å². The van der Waals surface area contributed by atoms with Crippen LogP contribution in [0.1, 0.15) is 57.7 Å². The molecule has 1 N–H and O–H groups in total.